The molecule has 2 aliphatic heterocycles. The Kier molecular flexibility index (Phi) is 7.71. The van der Waals surface area contributed by atoms with E-state index in [1.54, 1.807) is 30.5 Å². The van der Waals surface area contributed by atoms with E-state index in [-0.39, 0.29) is 23.9 Å². The Morgan fingerprint density at radius 3 is 2.45 bits per heavy atom. The molecule has 216 valence electrons. The van der Waals surface area contributed by atoms with Gasteiger partial charge in [0, 0.05) is 58.3 Å². The van der Waals surface area contributed by atoms with Crippen LogP contribution in [-0.4, -0.2) is 44.8 Å². The highest BCUT2D eigenvalue weighted by Gasteiger charge is 2.35. The molecule has 1 atom stereocenters. The zero-order chi connectivity index (χ0) is 29.4. The first-order valence-electron chi connectivity index (χ1n) is 13.6. The number of fused-ring (bicyclic) bond motifs is 3. The van der Waals surface area contributed by atoms with Gasteiger partial charge in [-0.05, 0) is 48.7 Å². The highest BCUT2D eigenvalue weighted by atomic mass is 35.5. The van der Waals surface area contributed by atoms with Crippen LogP contribution in [0.2, 0.25) is 5.02 Å². The summed E-state index contributed by atoms with van der Waals surface area (Å²) in [6.07, 6.45) is -1.94. The minimum atomic E-state index is -4.55. The van der Waals surface area contributed by atoms with Crippen LogP contribution in [-0.2, 0) is 12.7 Å². The van der Waals surface area contributed by atoms with E-state index in [9.17, 15) is 18.3 Å². The van der Waals surface area contributed by atoms with Gasteiger partial charge in [0.15, 0.2) is 0 Å². The number of alkyl halides is 3. The molecule has 42 heavy (non-hydrogen) atoms. The van der Waals surface area contributed by atoms with Crippen molar-refractivity contribution in [1.29, 1.82) is 0 Å². The molecule has 2 aliphatic rings. The molecule has 0 radical (unpaired) electrons. The molecule has 0 amide bonds. The molecule has 0 saturated carbocycles. The van der Waals surface area contributed by atoms with Gasteiger partial charge in [-0.15, -0.1) is 0 Å². The topological polar surface area (TPSA) is 99.7 Å². The minimum absolute atomic E-state index is 0.0256. The summed E-state index contributed by atoms with van der Waals surface area (Å²) < 4.78 is 41.8. The van der Waals surface area contributed by atoms with Crippen molar-refractivity contribution < 1.29 is 18.3 Å². The number of aliphatic hydroxyl groups excluding tert-OH is 1. The lowest BCUT2D eigenvalue weighted by molar-refractivity contribution is -0.137. The molecule has 0 bridgehead atoms. The molecule has 1 saturated heterocycles. The van der Waals surface area contributed by atoms with Crippen molar-refractivity contribution in [2.24, 2.45) is 10.7 Å². The number of hydrogen-bond acceptors (Lipinski definition) is 7. The zero-order valence-corrected chi connectivity index (χ0v) is 23.2. The van der Waals surface area contributed by atoms with E-state index in [2.05, 4.69) is 15.3 Å². The highest BCUT2D eigenvalue weighted by molar-refractivity contribution is 6.31. The highest BCUT2D eigenvalue weighted by Crippen LogP contribution is 2.38. The maximum absolute atomic E-state index is 13.9. The van der Waals surface area contributed by atoms with Gasteiger partial charge in [-0.25, -0.2) is 9.97 Å². The molecule has 0 aliphatic carbocycles. The Morgan fingerprint density at radius 1 is 0.976 bits per heavy atom. The molecular formula is C31H28ClF3N6O. The second-order valence-corrected chi connectivity index (χ2v) is 10.9. The van der Waals surface area contributed by atoms with Crippen molar-refractivity contribution in [1.82, 2.24) is 14.9 Å². The van der Waals surface area contributed by atoms with E-state index in [0.717, 1.165) is 37.6 Å². The third kappa shape index (κ3) is 5.76. The van der Waals surface area contributed by atoms with Gasteiger partial charge in [0.2, 0.25) is 5.95 Å². The van der Waals surface area contributed by atoms with Crippen molar-refractivity contribution in [2.45, 2.75) is 37.8 Å². The summed E-state index contributed by atoms with van der Waals surface area (Å²) in [5.74, 6) is 0.312. The summed E-state index contributed by atoms with van der Waals surface area (Å²) in [5, 5.41) is 14.4. The van der Waals surface area contributed by atoms with Gasteiger partial charge in [0.25, 0.3) is 0 Å². The number of piperidine rings is 1. The number of nitrogens with two attached hydrogens (primary N) is 1. The summed E-state index contributed by atoms with van der Waals surface area (Å²) in [4.78, 5) is 15.8. The number of hydrogen-bond donors (Lipinski definition) is 3. The van der Waals surface area contributed by atoms with E-state index in [1.165, 1.54) is 12.1 Å². The second kappa shape index (κ2) is 11.4. The summed E-state index contributed by atoms with van der Waals surface area (Å²) in [6, 6.07) is 18.0. The number of likely N-dealkylation sites (tertiary alicyclic amines) is 1. The van der Waals surface area contributed by atoms with E-state index in [4.69, 9.17) is 22.3 Å². The first-order valence-corrected chi connectivity index (χ1v) is 14.0. The van der Waals surface area contributed by atoms with Crippen LogP contribution in [0.1, 0.15) is 46.9 Å². The fourth-order valence-corrected chi connectivity index (χ4v) is 5.57. The Labute approximate surface area is 245 Å². The molecule has 1 unspecified atom stereocenters. The molecular weight excluding hydrogens is 565 g/mol. The molecule has 6 rings (SSSR count). The van der Waals surface area contributed by atoms with Crippen molar-refractivity contribution in [2.75, 3.05) is 18.4 Å². The van der Waals surface area contributed by atoms with Gasteiger partial charge < -0.3 is 16.2 Å². The smallest absolute Gasteiger partial charge is 0.374 e. The zero-order valence-electron chi connectivity index (χ0n) is 22.4. The van der Waals surface area contributed by atoms with Crippen LogP contribution in [0.5, 0.6) is 0 Å². The Bertz CT molecular complexity index is 1630. The third-order valence-corrected chi connectivity index (χ3v) is 7.87. The van der Waals surface area contributed by atoms with Crippen molar-refractivity contribution in [3.8, 4) is 11.3 Å². The molecule has 1 aromatic heterocycles. The number of nitrogens with one attached hydrogen (secondary N) is 1. The Hall–Kier alpha value is -3.83. The lowest BCUT2D eigenvalue weighted by Gasteiger charge is -2.33. The maximum atomic E-state index is 13.9. The summed E-state index contributed by atoms with van der Waals surface area (Å²) in [7, 11) is 0. The van der Waals surface area contributed by atoms with Gasteiger partial charge in [0.05, 0.1) is 23.5 Å². The van der Waals surface area contributed by atoms with Crippen LogP contribution in [0.3, 0.4) is 0 Å². The lowest BCUT2D eigenvalue weighted by Crippen LogP contribution is -2.41. The number of nitrogens with zero attached hydrogens (tertiary/aromatic N) is 4. The number of anilines is 2. The van der Waals surface area contributed by atoms with E-state index < -0.39 is 18.0 Å². The molecule has 11 heteroatoms. The average Bonchev–Trinajstić information content (AvgIpc) is 3.13. The van der Waals surface area contributed by atoms with Crippen molar-refractivity contribution in [3.05, 3.63) is 106 Å². The number of aromatic nitrogens is 2. The Balaban J connectivity index is 1.29. The quantitative estimate of drug-likeness (QED) is 0.251. The number of benzene rings is 3. The predicted molar refractivity (Wildman–Crippen MR) is 157 cm³/mol. The van der Waals surface area contributed by atoms with E-state index in [1.807, 2.05) is 29.2 Å². The second-order valence-electron chi connectivity index (χ2n) is 10.5. The van der Waals surface area contributed by atoms with Crippen molar-refractivity contribution >= 4 is 28.9 Å². The van der Waals surface area contributed by atoms with Crippen molar-refractivity contribution in [3.63, 3.8) is 0 Å². The molecule has 7 nitrogen and oxygen atoms in total. The minimum Gasteiger partial charge on any atom is -0.374 e. The first-order chi connectivity index (χ1) is 20.2. The number of halogens is 4. The summed E-state index contributed by atoms with van der Waals surface area (Å²) in [5.41, 5.74) is 9.15. The normalized spacial score (nSPS) is 16.7. The molecule has 4 N–H and O–H groups in total. The number of aliphatic imine (C=N–C) groups is 1. The SMILES string of the molecule is NC1CCN(C(O)c2ccc(Nc3ncc4c(n3)-c3ccc(Cl)cc3C(c3ccccc3C(F)(F)F)=NC4)cc2)CC1. The molecule has 3 aromatic carbocycles. The Morgan fingerprint density at radius 2 is 1.71 bits per heavy atom. The largest absolute Gasteiger partial charge is 0.417 e. The van der Waals surface area contributed by atoms with Crippen LogP contribution < -0.4 is 11.1 Å². The van der Waals surface area contributed by atoms with Gasteiger partial charge in [0.1, 0.15) is 6.23 Å². The van der Waals surface area contributed by atoms with Gasteiger partial charge in [-0.1, -0.05) is 48.0 Å². The van der Waals surface area contributed by atoms with Gasteiger partial charge in [-0.2, -0.15) is 13.2 Å². The average molecular weight is 593 g/mol. The van der Waals surface area contributed by atoms with E-state index in [0.29, 0.717) is 39.0 Å². The maximum Gasteiger partial charge on any atom is 0.417 e. The van der Waals surface area contributed by atoms with Crippen LogP contribution in [0.15, 0.2) is 77.9 Å². The predicted octanol–water partition coefficient (Wildman–Crippen LogP) is 6.32. The van der Waals surface area contributed by atoms with E-state index >= 15 is 0 Å². The summed E-state index contributed by atoms with van der Waals surface area (Å²) in [6.45, 7) is 1.58. The van der Waals surface area contributed by atoms with Gasteiger partial charge in [-0.3, -0.25) is 9.89 Å². The lowest BCUT2D eigenvalue weighted by atomic mass is 9.92. The first kappa shape index (κ1) is 28.3. The van der Waals surface area contributed by atoms with Gasteiger partial charge >= 0.3 is 6.18 Å². The summed E-state index contributed by atoms with van der Waals surface area (Å²) >= 11 is 6.32. The fraction of sp³-hybridized carbons (Fsp3) is 0.258. The number of aliphatic hydroxyl groups is 1. The van der Waals surface area contributed by atoms with Crippen LogP contribution in [0.25, 0.3) is 11.3 Å². The van der Waals surface area contributed by atoms with Crippen LogP contribution in [0.4, 0.5) is 24.8 Å². The molecule has 0 spiro atoms. The standard InChI is InChI=1S/C31H28ClF3N6O/c32-20-7-10-23-25(15-20)28(24-3-1-2-4-26(24)31(33,34)35)37-16-19-17-38-30(40-27(19)23)39-22-8-5-18(6-9-22)29(42)41-13-11-21(36)12-14-41/h1-10,15,17,21,29,42H,11-14,16,36H2,(H,38,39,40). The number of rotatable bonds is 5. The fourth-order valence-electron chi connectivity index (χ4n) is 5.39. The molecule has 1 fully saturated rings. The molecule has 3 heterocycles. The molecule has 4 aromatic rings. The van der Waals surface area contributed by atoms with Crippen LogP contribution >= 0.6 is 11.6 Å². The monoisotopic (exact) mass is 592 g/mol. The van der Waals surface area contributed by atoms with Crippen LogP contribution in [0, 0.1) is 0 Å². The third-order valence-electron chi connectivity index (χ3n) is 7.64.